The Bertz CT molecular complexity index is 845. The Kier molecular flexibility index (Phi) is 6.11. The number of amides is 1. The van der Waals surface area contributed by atoms with Crippen molar-refractivity contribution in [3.63, 3.8) is 0 Å². The van der Waals surface area contributed by atoms with Gasteiger partial charge in [-0.25, -0.2) is 5.01 Å². The number of hydrogen-bond acceptors (Lipinski definition) is 5. The monoisotopic (exact) mass is 395 g/mol. The van der Waals surface area contributed by atoms with Gasteiger partial charge in [-0.1, -0.05) is 36.2 Å². The fourth-order valence-corrected chi connectivity index (χ4v) is 4.48. The highest BCUT2D eigenvalue weighted by atomic mass is 16.3. The molecule has 6 heteroatoms. The van der Waals surface area contributed by atoms with Crippen LogP contribution in [0.2, 0.25) is 0 Å². The number of benzene rings is 1. The maximum absolute atomic E-state index is 13.1. The van der Waals surface area contributed by atoms with Gasteiger partial charge in [0.15, 0.2) is 0 Å². The van der Waals surface area contributed by atoms with Crippen LogP contribution in [-0.2, 0) is 4.79 Å². The van der Waals surface area contributed by atoms with Gasteiger partial charge < -0.3 is 14.8 Å². The zero-order chi connectivity index (χ0) is 20.2. The van der Waals surface area contributed by atoms with E-state index in [4.69, 9.17) is 4.42 Å². The molecule has 0 unspecified atom stereocenters. The summed E-state index contributed by atoms with van der Waals surface area (Å²) in [4.78, 5) is 13.1. The Hall–Kier alpha value is -2.44. The lowest BCUT2D eigenvalue weighted by Crippen LogP contribution is -2.41. The van der Waals surface area contributed by atoms with Gasteiger partial charge in [-0.15, -0.1) is 0 Å². The van der Waals surface area contributed by atoms with E-state index < -0.39 is 0 Å². The fourth-order valence-electron chi connectivity index (χ4n) is 4.48. The van der Waals surface area contributed by atoms with E-state index in [0.717, 1.165) is 42.7 Å². The third-order valence-corrected chi connectivity index (χ3v) is 6.10. The topological polar surface area (TPSA) is 78.1 Å². The van der Waals surface area contributed by atoms with Crippen LogP contribution in [0.3, 0.4) is 0 Å². The van der Waals surface area contributed by atoms with Crippen LogP contribution < -0.4 is 5.32 Å². The lowest BCUT2D eigenvalue weighted by molar-refractivity contribution is -0.132. The summed E-state index contributed by atoms with van der Waals surface area (Å²) in [5, 5.41) is 18.9. The summed E-state index contributed by atoms with van der Waals surface area (Å²) in [6.07, 6.45) is 6.38. The molecule has 2 N–H and O–H groups in total. The molecule has 1 aromatic heterocycles. The van der Waals surface area contributed by atoms with Gasteiger partial charge in [0, 0.05) is 19.1 Å². The summed E-state index contributed by atoms with van der Waals surface area (Å²) in [7, 11) is 0. The van der Waals surface area contributed by atoms with Crippen LogP contribution in [0.1, 0.15) is 55.0 Å². The van der Waals surface area contributed by atoms with Crippen molar-refractivity contribution < 1.29 is 14.3 Å². The molecular formula is C23H29N3O3. The maximum Gasteiger partial charge on any atom is 0.257 e. The predicted octanol–water partition coefficient (Wildman–Crippen LogP) is 3.41. The van der Waals surface area contributed by atoms with Crippen LogP contribution in [0.5, 0.6) is 0 Å². The molecule has 2 aliphatic rings. The number of aryl methyl sites for hydroxylation is 1. The molecule has 6 nitrogen and oxygen atoms in total. The lowest BCUT2D eigenvalue weighted by atomic mass is 10.00. The summed E-state index contributed by atoms with van der Waals surface area (Å²) in [6, 6.07) is 12.1. The van der Waals surface area contributed by atoms with Gasteiger partial charge in [-0.3, -0.25) is 4.79 Å². The minimum absolute atomic E-state index is 0.0526. The molecule has 1 fully saturated rings. The molecule has 0 radical (unpaired) electrons. The molecule has 1 aliphatic heterocycles. The largest absolute Gasteiger partial charge is 0.467 e. The molecule has 0 spiro atoms. The number of rotatable bonds is 7. The second-order valence-corrected chi connectivity index (χ2v) is 8.08. The quantitative estimate of drug-likeness (QED) is 0.753. The minimum Gasteiger partial charge on any atom is -0.467 e. The van der Waals surface area contributed by atoms with Crippen molar-refractivity contribution in [3.05, 3.63) is 59.5 Å². The van der Waals surface area contributed by atoms with Gasteiger partial charge in [0.2, 0.25) is 0 Å². The van der Waals surface area contributed by atoms with Gasteiger partial charge in [-0.05, 0) is 49.8 Å². The number of furan rings is 1. The van der Waals surface area contributed by atoms with Crippen molar-refractivity contribution in [1.82, 2.24) is 10.3 Å². The Morgan fingerprint density at radius 3 is 2.83 bits per heavy atom. The Labute approximate surface area is 171 Å². The fraction of sp³-hybridized carbons (Fsp3) is 0.478. The molecule has 1 aliphatic carbocycles. The van der Waals surface area contributed by atoms with Crippen LogP contribution in [0, 0.1) is 12.8 Å². The smallest absolute Gasteiger partial charge is 0.257 e. The van der Waals surface area contributed by atoms with Crippen molar-refractivity contribution in [2.45, 2.75) is 51.1 Å². The molecule has 154 valence electrons. The van der Waals surface area contributed by atoms with Gasteiger partial charge in [0.25, 0.3) is 5.91 Å². The maximum atomic E-state index is 13.1. The van der Waals surface area contributed by atoms with Crippen molar-refractivity contribution in [1.29, 1.82) is 0 Å². The number of carbonyl (C=O) groups excluding carboxylic acids is 1. The molecular weight excluding hydrogens is 366 g/mol. The number of hydrogen-bond donors (Lipinski definition) is 2. The Morgan fingerprint density at radius 1 is 1.28 bits per heavy atom. The second kappa shape index (κ2) is 8.93. The second-order valence-electron chi connectivity index (χ2n) is 8.08. The van der Waals surface area contributed by atoms with Crippen LogP contribution >= 0.6 is 0 Å². The Morgan fingerprint density at radius 2 is 2.10 bits per heavy atom. The third-order valence-electron chi connectivity index (χ3n) is 6.10. The van der Waals surface area contributed by atoms with Crippen molar-refractivity contribution >= 4 is 11.6 Å². The van der Waals surface area contributed by atoms with E-state index in [0.29, 0.717) is 12.3 Å². The number of carbonyl (C=O) groups is 1. The summed E-state index contributed by atoms with van der Waals surface area (Å²) >= 11 is 0. The molecule has 0 saturated heterocycles. The summed E-state index contributed by atoms with van der Waals surface area (Å²) in [5.74, 6) is 1.14. The van der Waals surface area contributed by atoms with Gasteiger partial charge in [0.05, 0.1) is 18.5 Å². The number of aliphatic hydroxyl groups excluding tert-OH is 1. The summed E-state index contributed by atoms with van der Waals surface area (Å²) < 4.78 is 5.61. The highest BCUT2D eigenvalue weighted by molar-refractivity contribution is 6.03. The van der Waals surface area contributed by atoms with Gasteiger partial charge in [-0.2, -0.15) is 5.10 Å². The average Bonchev–Trinajstić information content (AvgIpc) is 3.47. The first kappa shape index (κ1) is 19.9. The van der Waals surface area contributed by atoms with Crippen LogP contribution in [0.25, 0.3) is 0 Å². The van der Waals surface area contributed by atoms with E-state index in [-0.39, 0.29) is 31.1 Å². The molecule has 2 aromatic rings. The van der Waals surface area contributed by atoms with Crippen LogP contribution in [0.4, 0.5) is 0 Å². The predicted molar refractivity (Wildman–Crippen MR) is 111 cm³/mol. The van der Waals surface area contributed by atoms with E-state index in [1.54, 1.807) is 11.3 Å². The normalized spacial score (nSPS) is 24.1. The van der Waals surface area contributed by atoms with Crippen LogP contribution in [0.15, 0.2) is 52.2 Å². The van der Waals surface area contributed by atoms with Gasteiger partial charge >= 0.3 is 0 Å². The van der Waals surface area contributed by atoms with E-state index in [9.17, 15) is 9.90 Å². The molecule has 2 heterocycles. The van der Waals surface area contributed by atoms with E-state index in [2.05, 4.69) is 41.6 Å². The summed E-state index contributed by atoms with van der Waals surface area (Å²) in [5.41, 5.74) is 3.13. The number of nitrogens with one attached hydrogen (secondary N) is 1. The standard InChI is InChI=1S/C23H29N3O3/c1-16-7-9-18(10-8-16)20-14-21(22-6-3-13-29-22)26(25-20)23(28)15-24-19-5-2-4-17(19)11-12-27/h3,6-10,13,17,19,21,24,27H,2,4-5,11-12,14-15H2,1H3/t17-,19+,21-/m0/s1. The van der Waals surface area contributed by atoms with E-state index in [1.165, 1.54) is 5.56 Å². The molecule has 29 heavy (non-hydrogen) atoms. The molecule has 1 aromatic carbocycles. The number of aliphatic hydroxyl groups is 1. The highest BCUT2D eigenvalue weighted by Gasteiger charge is 2.35. The van der Waals surface area contributed by atoms with E-state index >= 15 is 0 Å². The molecule has 0 bridgehead atoms. The number of nitrogens with zero attached hydrogens (tertiary/aromatic N) is 2. The van der Waals surface area contributed by atoms with Crippen molar-refractivity contribution in [3.8, 4) is 0 Å². The average molecular weight is 396 g/mol. The van der Waals surface area contributed by atoms with Crippen molar-refractivity contribution in [2.24, 2.45) is 11.0 Å². The summed E-state index contributed by atoms with van der Waals surface area (Å²) in [6.45, 7) is 2.50. The molecule has 4 rings (SSSR count). The molecule has 1 saturated carbocycles. The third kappa shape index (κ3) is 4.43. The first-order valence-electron chi connectivity index (χ1n) is 10.5. The first-order valence-corrected chi connectivity index (χ1v) is 10.5. The van der Waals surface area contributed by atoms with Crippen LogP contribution in [-0.4, -0.2) is 40.9 Å². The Balaban J connectivity index is 1.48. The number of hydrazone groups is 1. The molecule has 1 amide bonds. The highest BCUT2D eigenvalue weighted by Crippen LogP contribution is 2.33. The SMILES string of the molecule is Cc1ccc(C2=NN(C(=O)CN[C@@H]3CCC[C@H]3CCO)[C@H](c3ccco3)C2)cc1. The first-order chi connectivity index (χ1) is 14.2. The molecule has 3 atom stereocenters. The zero-order valence-electron chi connectivity index (χ0n) is 16.9. The lowest BCUT2D eigenvalue weighted by Gasteiger charge is -2.23. The van der Waals surface area contributed by atoms with Crippen molar-refractivity contribution in [2.75, 3.05) is 13.2 Å². The van der Waals surface area contributed by atoms with Gasteiger partial charge in [0.1, 0.15) is 11.8 Å². The minimum atomic E-state index is -0.215. The van der Waals surface area contributed by atoms with E-state index in [1.807, 2.05) is 12.1 Å². The zero-order valence-corrected chi connectivity index (χ0v) is 16.9.